The van der Waals surface area contributed by atoms with Crippen molar-refractivity contribution >= 4 is 45.0 Å². The monoisotopic (exact) mass is 335 g/mol. The van der Waals surface area contributed by atoms with Crippen molar-refractivity contribution < 1.29 is 4.79 Å². The van der Waals surface area contributed by atoms with Crippen molar-refractivity contribution in [3.8, 4) is 0 Å². The van der Waals surface area contributed by atoms with Crippen LogP contribution in [-0.4, -0.2) is 29.2 Å². The fourth-order valence-corrected chi connectivity index (χ4v) is 3.06. The largest absolute Gasteiger partial charge is 0.338 e. The van der Waals surface area contributed by atoms with Crippen molar-refractivity contribution in [2.45, 2.75) is 6.42 Å². The Morgan fingerprint density at radius 1 is 1.35 bits per heavy atom. The van der Waals surface area contributed by atoms with Crippen LogP contribution < -0.4 is 0 Å². The highest BCUT2D eigenvalue weighted by molar-refractivity contribution is 9.09. The fraction of sp³-hybridized carbons (Fsp3) is 0.417. The number of hydrogen-bond donors (Lipinski definition) is 0. The van der Waals surface area contributed by atoms with Gasteiger partial charge in [-0.2, -0.15) is 0 Å². The van der Waals surface area contributed by atoms with Crippen LogP contribution in [0.1, 0.15) is 16.8 Å². The van der Waals surface area contributed by atoms with E-state index in [-0.39, 0.29) is 5.91 Å². The van der Waals surface area contributed by atoms with Crippen LogP contribution in [0, 0.1) is 5.92 Å². The van der Waals surface area contributed by atoms with Crippen LogP contribution in [0.4, 0.5) is 0 Å². The maximum atomic E-state index is 12.2. The molecule has 0 N–H and O–H groups in total. The molecular formula is C12H12BrCl2NO. The predicted molar refractivity (Wildman–Crippen MR) is 74.3 cm³/mol. The summed E-state index contributed by atoms with van der Waals surface area (Å²) >= 11 is 15.2. The van der Waals surface area contributed by atoms with Crippen molar-refractivity contribution in [3.63, 3.8) is 0 Å². The number of carbonyl (C=O) groups excluding carboxylic acids is 1. The third-order valence-electron chi connectivity index (χ3n) is 2.90. The molecule has 1 aromatic carbocycles. The number of amides is 1. The second-order valence-corrected chi connectivity index (χ2v) is 5.74. The van der Waals surface area contributed by atoms with Crippen LogP contribution in [0.3, 0.4) is 0 Å². The van der Waals surface area contributed by atoms with Gasteiger partial charge in [-0.05, 0) is 30.5 Å². The molecule has 1 aliphatic heterocycles. The normalized spacial score (nSPS) is 19.7. The Balaban J connectivity index is 2.14. The van der Waals surface area contributed by atoms with E-state index < -0.39 is 0 Å². The maximum absolute atomic E-state index is 12.2. The summed E-state index contributed by atoms with van der Waals surface area (Å²) in [5, 5.41) is 1.93. The molecule has 0 aliphatic carbocycles. The minimum Gasteiger partial charge on any atom is -0.338 e. The summed E-state index contributed by atoms with van der Waals surface area (Å²) in [5.74, 6) is 0.562. The predicted octanol–water partition coefficient (Wildman–Crippen LogP) is 3.85. The quantitative estimate of drug-likeness (QED) is 0.751. The van der Waals surface area contributed by atoms with Crippen molar-refractivity contribution in [2.24, 2.45) is 5.92 Å². The van der Waals surface area contributed by atoms with E-state index in [1.165, 1.54) is 0 Å². The van der Waals surface area contributed by atoms with Crippen LogP contribution in [0.15, 0.2) is 18.2 Å². The lowest BCUT2D eigenvalue weighted by atomic mass is 10.2. The Hall–Kier alpha value is -0.250. The minimum atomic E-state index is 0.0119. The van der Waals surface area contributed by atoms with Gasteiger partial charge in [-0.3, -0.25) is 4.79 Å². The Kier molecular flexibility index (Phi) is 4.34. The summed E-state index contributed by atoms with van der Waals surface area (Å²) in [6, 6.07) is 4.96. The summed E-state index contributed by atoms with van der Waals surface area (Å²) in [6.45, 7) is 1.60. The third kappa shape index (κ3) is 3.15. The second kappa shape index (κ2) is 5.59. The van der Waals surface area contributed by atoms with Crippen molar-refractivity contribution in [1.82, 2.24) is 4.90 Å². The molecule has 0 bridgehead atoms. The molecule has 1 fully saturated rings. The average molecular weight is 337 g/mol. The first-order valence-corrected chi connectivity index (χ1v) is 7.29. The van der Waals surface area contributed by atoms with Crippen molar-refractivity contribution in [1.29, 1.82) is 0 Å². The standard InChI is InChI=1S/C12H12BrCl2NO/c13-6-8-1-2-16(7-8)12(17)9-3-10(14)5-11(15)4-9/h3-5,8H,1-2,6-7H2. The Morgan fingerprint density at radius 3 is 2.53 bits per heavy atom. The molecule has 1 saturated heterocycles. The number of benzene rings is 1. The van der Waals surface area contributed by atoms with Gasteiger partial charge in [-0.15, -0.1) is 0 Å². The zero-order chi connectivity index (χ0) is 12.4. The highest BCUT2D eigenvalue weighted by Crippen LogP contribution is 2.23. The van der Waals surface area contributed by atoms with E-state index in [0.717, 1.165) is 24.8 Å². The van der Waals surface area contributed by atoms with Crippen molar-refractivity contribution in [2.75, 3.05) is 18.4 Å². The van der Waals surface area contributed by atoms with E-state index in [1.807, 2.05) is 4.90 Å². The molecule has 1 atom stereocenters. The zero-order valence-corrected chi connectivity index (χ0v) is 12.2. The molecule has 1 amide bonds. The third-order valence-corrected chi connectivity index (χ3v) is 4.25. The van der Waals surface area contributed by atoms with E-state index in [9.17, 15) is 4.79 Å². The van der Waals surface area contributed by atoms with E-state index in [1.54, 1.807) is 18.2 Å². The van der Waals surface area contributed by atoms with Crippen LogP contribution in [-0.2, 0) is 0 Å². The Morgan fingerprint density at radius 2 is 2.00 bits per heavy atom. The first-order valence-electron chi connectivity index (χ1n) is 5.41. The number of hydrogen-bond acceptors (Lipinski definition) is 1. The van der Waals surface area contributed by atoms with E-state index >= 15 is 0 Å². The van der Waals surface area contributed by atoms with Crippen LogP contribution in [0.5, 0.6) is 0 Å². The summed E-state index contributed by atoms with van der Waals surface area (Å²) in [6.07, 6.45) is 1.05. The second-order valence-electron chi connectivity index (χ2n) is 4.22. The topological polar surface area (TPSA) is 20.3 Å². The number of carbonyl (C=O) groups is 1. The van der Waals surface area contributed by atoms with Crippen LogP contribution in [0.2, 0.25) is 10.0 Å². The molecule has 1 aromatic rings. The molecule has 0 aromatic heterocycles. The summed E-state index contributed by atoms with van der Waals surface area (Å²) in [4.78, 5) is 14.1. The van der Waals surface area contributed by atoms with Crippen LogP contribution >= 0.6 is 39.1 Å². The highest BCUT2D eigenvalue weighted by atomic mass is 79.9. The molecule has 17 heavy (non-hydrogen) atoms. The van der Waals surface area contributed by atoms with Gasteiger partial charge in [0.15, 0.2) is 0 Å². The molecule has 1 unspecified atom stereocenters. The molecule has 5 heteroatoms. The smallest absolute Gasteiger partial charge is 0.253 e. The van der Waals surface area contributed by atoms with Gasteiger partial charge in [-0.1, -0.05) is 39.1 Å². The number of rotatable bonds is 2. The van der Waals surface area contributed by atoms with Gasteiger partial charge in [0.25, 0.3) is 5.91 Å². The van der Waals surface area contributed by atoms with Gasteiger partial charge in [0.05, 0.1) is 0 Å². The van der Waals surface area contributed by atoms with E-state index in [0.29, 0.717) is 21.5 Å². The van der Waals surface area contributed by atoms with Gasteiger partial charge in [0.1, 0.15) is 0 Å². The minimum absolute atomic E-state index is 0.0119. The molecule has 1 aliphatic rings. The maximum Gasteiger partial charge on any atom is 0.253 e. The summed E-state index contributed by atoms with van der Waals surface area (Å²) in [5.41, 5.74) is 0.567. The van der Waals surface area contributed by atoms with E-state index in [4.69, 9.17) is 23.2 Å². The summed E-state index contributed by atoms with van der Waals surface area (Å²) < 4.78 is 0. The van der Waals surface area contributed by atoms with Gasteiger partial charge in [-0.25, -0.2) is 0 Å². The fourth-order valence-electron chi connectivity index (χ4n) is 2.00. The Labute approximate surface area is 119 Å². The van der Waals surface area contributed by atoms with Gasteiger partial charge in [0, 0.05) is 34.0 Å². The lowest BCUT2D eigenvalue weighted by Gasteiger charge is -2.16. The number of halogens is 3. The molecule has 92 valence electrons. The first-order chi connectivity index (χ1) is 8.10. The summed E-state index contributed by atoms with van der Waals surface area (Å²) in [7, 11) is 0. The SMILES string of the molecule is O=C(c1cc(Cl)cc(Cl)c1)N1CCC(CBr)C1. The van der Waals surface area contributed by atoms with Gasteiger partial charge >= 0.3 is 0 Å². The van der Waals surface area contributed by atoms with Gasteiger partial charge < -0.3 is 4.90 Å². The number of nitrogens with zero attached hydrogens (tertiary/aromatic N) is 1. The number of likely N-dealkylation sites (tertiary alicyclic amines) is 1. The highest BCUT2D eigenvalue weighted by Gasteiger charge is 2.26. The van der Waals surface area contributed by atoms with Gasteiger partial charge in [0.2, 0.25) is 0 Å². The first kappa shape index (κ1) is 13.2. The lowest BCUT2D eigenvalue weighted by Crippen LogP contribution is -2.28. The Bertz CT molecular complexity index is 418. The molecule has 0 radical (unpaired) electrons. The van der Waals surface area contributed by atoms with Crippen molar-refractivity contribution in [3.05, 3.63) is 33.8 Å². The molecular weight excluding hydrogens is 325 g/mol. The molecule has 2 rings (SSSR count). The van der Waals surface area contributed by atoms with Crippen LogP contribution in [0.25, 0.3) is 0 Å². The molecule has 0 spiro atoms. The molecule has 1 heterocycles. The molecule has 2 nitrogen and oxygen atoms in total. The lowest BCUT2D eigenvalue weighted by molar-refractivity contribution is 0.0788. The zero-order valence-electron chi connectivity index (χ0n) is 9.13. The van der Waals surface area contributed by atoms with E-state index in [2.05, 4.69) is 15.9 Å². The average Bonchev–Trinajstić information content (AvgIpc) is 2.75. The molecule has 0 saturated carbocycles. The number of alkyl halides is 1.